The minimum Gasteiger partial charge on any atom is -0.465 e. The van der Waals surface area contributed by atoms with Gasteiger partial charge in [-0.25, -0.2) is 14.6 Å². The van der Waals surface area contributed by atoms with Crippen molar-refractivity contribution in [2.75, 3.05) is 26.1 Å². The van der Waals surface area contributed by atoms with Crippen LogP contribution >= 0.6 is 11.6 Å². The van der Waals surface area contributed by atoms with E-state index in [0.29, 0.717) is 11.1 Å². The van der Waals surface area contributed by atoms with E-state index in [4.69, 9.17) is 47.4 Å². The zero-order valence-electron chi connectivity index (χ0n) is 28.5. The average Bonchev–Trinajstić information content (AvgIpc) is 3.64. The second kappa shape index (κ2) is 14.9. The molecule has 4 aromatic rings. The molecule has 1 saturated heterocycles. The van der Waals surface area contributed by atoms with E-state index < -0.39 is 59.7 Å². The van der Waals surface area contributed by atoms with E-state index in [-0.39, 0.29) is 40.9 Å². The fraction of sp³-hybridized carbons (Fsp3) is 0.361. The maximum atomic E-state index is 13.7. The SMILES string of the molecule is C#C[C@@]1(C)[C@@H](COC(Cc2ccc(-c3ccccc3)c(C(=O)OC)c2)(C(C)=O)C(=O)OCC)O[C@@H](n2cnc3c(N)nc(Cl)nc32)[C@@H]1OC(C)=O. The molecule has 2 aromatic carbocycles. The van der Waals surface area contributed by atoms with Crippen molar-refractivity contribution < 1.29 is 42.9 Å². The number of esters is 3. The number of fused-ring (bicyclic) bond motifs is 1. The maximum Gasteiger partial charge on any atom is 0.346 e. The average molecular weight is 718 g/mol. The van der Waals surface area contributed by atoms with Gasteiger partial charge in [0.1, 0.15) is 11.6 Å². The second-order valence-electron chi connectivity index (χ2n) is 12.0. The van der Waals surface area contributed by atoms with Crippen LogP contribution < -0.4 is 5.73 Å². The number of nitrogens with zero attached hydrogens (tertiary/aromatic N) is 4. The zero-order chi connectivity index (χ0) is 37.1. The molecule has 2 aromatic heterocycles. The minimum absolute atomic E-state index is 0.0122. The van der Waals surface area contributed by atoms with Crippen molar-refractivity contribution in [3.8, 4) is 23.5 Å². The van der Waals surface area contributed by atoms with Crippen molar-refractivity contribution in [2.45, 2.75) is 58.2 Å². The van der Waals surface area contributed by atoms with Crippen molar-refractivity contribution in [1.29, 1.82) is 0 Å². The molecule has 0 radical (unpaired) electrons. The van der Waals surface area contributed by atoms with Crippen molar-refractivity contribution >= 4 is 52.3 Å². The summed E-state index contributed by atoms with van der Waals surface area (Å²) in [6, 6.07) is 14.1. The number of anilines is 1. The van der Waals surface area contributed by atoms with Gasteiger partial charge >= 0.3 is 17.9 Å². The van der Waals surface area contributed by atoms with Gasteiger partial charge in [-0.3, -0.25) is 14.2 Å². The van der Waals surface area contributed by atoms with Crippen molar-refractivity contribution in [2.24, 2.45) is 5.41 Å². The number of ether oxygens (including phenoxy) is 5. The predicted molar refractivity (Wildman–Crippen MR) is 184 cm³/mol. The Bertz CT molecular complexity index is 2030. The summed E-state index contributed by atoms with van der Waals surface area (Å²) in [5.74, 6) is -0.221. The van der Waals surface area contributed by atoms with Crippen LogP contribution in [0.5, 0.6) is 0 Å². The summed E-state index contributed by atoms with van der Waals surface area (Å²) in [6.07, 6.45) is 3.78. The minimum atomic E-state index is -2.21. The Labute approximate surface area is 298 Å². The predicted octanol–water partition coefficient (Wildman–Crippen LogP) is 4.13. The Balaban J connectivity index is 1.54. The number of ketones is 1. The molecule has 0 bridgehead atoms. The van der Waals surface area contributed by atoms with Gasteiger partial charge in [0.05, 0.1) is 37.6 Å². The normalized spacial score (nSPS) is 21.0. The third-order valence-corrected chi connectivity index (χ3v) is 8.97. The van der Waals surface area contributed by atoms with Gasteiger partial charge in [-0.1, -0.05) is 48.4 Å². The molecule has 51 heavy (non-hydrogen) atoms. The molecule has 3 heterocycles. The van der Waals surface area contributed by atoms with Gasteiger partial charge in [0.15, 0.2) is 29.6 Å². The van der Waals surface area contributed by atoms with Crippen molar-refractivity contribution in [1.82, 2.24) is 19.5 Å². The number of rotatable bonds is 12. The molecule has 0 amide bonds. The van der Waals surface area contributed by atoms with Gasteiger partial charge in [0, 0.05) is 13.3 Å². The van der Waals surface area contributed by atoms with Crippen LogP contribution in [0.25, 0.3) is 22.3 Å². The first-order valence-corrected chi connectivity index (χ1v) is 16.2. The number of terminal acetylenes is 1. The Morgan fingerprint density at radius 2 is 1.86 bits per heavy atom. The second-order valence-corrected chi connectivity index (χ2v) is 12.3. The Morgan fingerprint density at radius 1 is 1.14 bits per heavy atom. The molecule has 15 heteroatoms. The smallest absolute Gasteiger partial charge is 0.346 e. The summed E-state index contributed by atoms with van der Waals surface area (Å²) in [6.45, 7) is 5.13. The van der Waals surface area contributed by atoms with Crippen molar-refractivity contribution in [3.63, 3.8) is 0 Å². The number of benzene rings is 2. The van der Waals surface area contributed by atoms with E-state index in [1.165, 1.54) is 31.9 Å². The van der Waals surface area contributed by atoms with E-state index in [9.17, 15) is 19.2 Å². The highest BCUT2D eigenvalue weighted by Crippen LogP contribution is 2.46. The molecule has 5 atom stereocenters. The molecular formula is C36H36ClN5O9. The Kier molecular flexibility index (Phi) is 10.8. The Hall–Kier alpha value is -5.36. The number of nitrogen functional groups attached to an aromatic ring is 1. The molecule has 5 rings (SSSR count). The number of hydrogen-bond acceptors (Lipinski definition) is 13. The summed E-state index contributed by atoms with van der Waals surface area (Å²) in [4.78, 5) is 65.0. The number of halogens is 1. The topological polar surface area (TPSA) is 184 Å². The molecule has 266 valence electrons. The summed E-state index contributed by atoms with van der Waals surface area (Å²) < 4.78 is 30.3. The van der Waals surface area contributed by atoms with E-state index in [1.54, 1.807) is 32.0 Å². The van der Waals surface area contributed by atoms with Crippen LogP contribution in [0.3, 0.4) is 0 Å². The lowest BCUT2D eigenvalue weighted by molar-refractivity contribution is -0.182. The van der Waals surface area contributed by atoms with Crippen molar-refractivity contribution in [3.05, 3.63) is 71.3 Å². The molecular weight excluding hydrogens is 682 g/mol. The molecule has 1 aliphatic rings. The fourth-order valence-electron chi connectivity index (χ4n) is 6.07. The zero-order valence-corrected chi connectivity index (χ0v) is 29.3. The molecule has 0 aliphatic carbocycles. The van der Waals surface area contributed by atoms with Gasteiger partial charge in [-0.05, 0) is 55.1 Å². The van der Waals surface area contributed by atoms with Crippen LogP contribution in [0.2, 0.25) is 5.28 Å². The number of Topliss-reactive ketones (excluding diaryl/α,β-unsaturated/α-hetero) is 1. The van der Waals surface area contributed by atoms with Gasteiger partial charge in [0.2, 0.25) is 10.9 Å². The number of aromatic nitrogens is 4. The summed E-state index contributed by atoms with van der Waals surface area (Å²) in [5, 5.41) is -0.156. The number of imidazole rings is 1. The number of methoxy groups -OCH3 is 1. The quantitative estimate of drug-likeness (QED) is 0.0726. The highest BCUT2D eigenvalue weighted by atomic mass is 35.5. The first-order chi connectivity index (χ1) is 24.3. The van der Waals surface area contributed by atoms with Crippen LogP contribution in [-0.4, -0.2) is 81.3 Å². The highest BCUT2D eigenvalue weighted by Gasteiger charge is 2.58. The van der Waals surface area contributed by atoms with Gasteiger partial charge in [-0.15, -0.1) is 6.42 Å². The van der Waals surface area contributed by atoms with Crippen LogP contribution in [-0.2, 0) is 44.5 Å². The van der Waals surface area contributed by atoms with Gasteiger partial charge < -0.3 is 29.4 Å². The summed E-state index contributed by atoms with van der Waals surface area (Å²) in [7, 11) is 1.26. The van der Waals surface area contributed by atoms with Crippen LogP contribution in [0.15, 0.2) is 54.9 Å². The lowest BCUT2D eigenvalue weighted by Crippen LogP contribution is -2.53. The number of nitrogens with two attached hydrogens (primary N) is 1. The molecule has 2 N–H and O–H groups in total. The molecule has 14 nitrogen and oxygen atoms in total. The van der Waals surface area contributed by atoms with Gasteiger partial charge in [-0.2, -0.15) is 9.97 Å². The van der Waals surface area contributed by atoms with Gasteiger partial charge in [0.25, 0.3) is 0 Å². The number of hydrogen-bond donors (Lipinski definition) is 1. The number of carbonyl (C=O) groups excluding carboxylic acids is 4. The number of carbonyl (C=O) groups is 4. The van der Waals surface area contributed by atoms with E-state index in [0.717, 1.165) is 5.56 Å². The Morgan fingerprint density at radius 3 is 2.49 bits per heavy atom. The summed E-state index contributed by atoms with van der Waals surface area (Å²) >= 11 is 6.10. The standard InChI is InChI=1S/C36H36ClN5O9/c1-7-35(5)26(51-31(28(35)50-21(4)44)42-19-39-27-29(38)40-34(37)41-30(27)42)18-49-36(20(3)43,33(46)48-8-2)17-22-14-15-24(23-12-10-9-11-13-23)25(16-22)32(45)47-6/h1,9-16,19,26,28,31H,8,17-18H2,2-6H3,(H2,38,40,41)/t26-,28+,31-,35+,36?/m1/s1. The highest BCUT2D eigenvalue weighted by molar-refractivity contribution is 6.28. The monoisotopic (exact) mass is 717 g/mol. The molecule has 1 fully saturated rings. The molecule has 1 aliphatic heterocycles. The van der Waals surface area contributed by atoms with Crippen LogP contribution in [0.4, 0.5) is 5.82 Å². The largest absolute Gasteiger partial charge is 0.465 e. The third kappa shape index (κ3) is 7.01. The van der Waals surface area contributed by atoms with Crippen LogP contribution in [0, 0.1) is 17.8 Å². The molecule has 1 unspecified atom stereocenters. The summed E-state index contributed by atoms with van der Waals surface area (Å²) in [5.41, 5.74) is 4.78. The van der Waals surface area contributed by atoms with E-state index >= 15 is 0 Å². The maximum absolute atomic E-state index is 13.7. The first kappa shape index (κ1) is 36.9. The fourth-order valence-corrected chi connectivity index (χ4v) is 6.24. The first-order valence-electron chi connectivity index (χ1n) is 15.8. The van der Waals surface area contributed by atoms with E-state index in [1.807, 2.05) is 30.3 Å². The van der Waals surface area contributed by atoms with Crippen LogP contribution in [0.1, 0.15) is 49.8 Å². The lowest BCUT2D eigenvalue weighted by Gasteiger charge is -2.33. The lowest BCUT2D eigenvalue weighted by atomic mass is 9.81. The third-order valence-electron chi connectivity index (χ3n) is 8.80. The molecule has 0 spiro atoms. The van der Waals surface area contributed by atoms with E-state index in [2.05, 4.69) is 20.9 Å². The molecule has 0 saturated carbocycles.